The number of halogens is 1. The Labute approximate surface area is 167 Å². The molecule has 1 aromatic carbocycles. The second-order valence-electron chi connectivity index (χ2n) is 6.42. The van der Waals surface area contributed by atoms with Crippen molar-refractivity contribution in [2.45, 2.75) is 25.5 Å². The van der Waals surface area contributed by atoms with E-state index < -0.39 is 0 Å². The molecule has 1 amide bonds. The van der Waals surface area contributed by atoms with Crippen LogP contribution in [0.5, 0.6) is 0 Å². The molecule has 0 aliphatic carbocycles. The predicted octanol–water partition coefficient (Wildman–Crippen LogP) is 3.63. The summed E-state index contributed by atoms with van der Waals surface area (Å²) in [6.45, 7) is 4.18. The second kappa shape index (κ2) is 8.31. The summed E-state index contributed by atoms with van der Waals surface area (Å²) < 4.78 is 16.9. The van der Waals surface area contributed by atoms with E-state index in [1.807, 2.05) is 36.2 Å². The molecule has 2 heterocycles. The van der Waals surface area contributed by atoms with Crippen LogP contribution in [0.4, 0.5) is 10.2 Å². The van der Waals surface area contributed by atoms with Crippen LogP contribution in [0.1, 0.15) is 22.4 Å². The Morgan fingerprint density at radius 2 is 2.04 bits per heavy atom. The minimum absolute atomic E-state index is 0.176. The Hall–Kier alpha value is -3.05. The Kier molecular flexibility index (Phi) is 5.85. The van der Waals surface area contributed by atoms with Crippen molar-refractivity contribution < 1.29 is 9.18 Å². The van der Waals surface area contributed by atoms with Crippen LogP contribution >= 0.6 is 11.8 Å². The quantitative estimate of drug-likeness (QED) is 0.645. The average molecular weight is 397 g/mol. The highest BCUT2D eigenvalue weighted by Gasteiger charge is 2.20. The first kappa shape index (κ1) is 19.7. The first-order valence-corrected chi connectivity index (χ1v) is 9.63. The molecule has 2 aromatic heterocycles. The molecule has 0 fully saturated rings. The number of hydrogen-bond donors (Lipinski definition) is 1. The Bertz CT molecular complexity index is 1050. The fourth-order valence-corrected chi connectivity index (χ4v) is 3.62. The lowest BCUT2D eigenvalue weighted by Gasteiger charge is -2.13. The number of nitrogens with one attached hydrogen (secondary N) is 1. The smallest absolute Gasteiger partial charge is 0.235 e. The molecule has 1 N–H and O–H groups in total. The molecule has 0 bridgehead atoms. The lowest BCUT2D eigenvalue weighted by atomic mass is 10.2. The minimum Gasteiger partial charge on any atom is -0.329 e. The largest absolute Gasteiger partial charge is 0.329 e. The van der Waals surface area contributed by atoms with Crippen LogP contribution in [0.2, 0.25) is 0 Å². The van der Waals surface area contributed by atoms with Gasteiger partial charge in [0.2, 0.25) is 5.91 Å². The molecule has 0 saturated heterocycles. The van der Waals surface area contributed by atoms with E-state index in [9.17, 15) is 14.4 Å². The van der Waals surface area contributed by atoms with Gasteiger partial charge in [0, 0.05) is 31.7 Å². The molecule has 8 heteroatoms. The fourth-order valence-electron chi connectivity index (χ4n) is 2.89. The number of nitrogens with zero attached hydrogens (tertiary/aromatic N) is 4. The summed E-state index contributed by atoms with van der Waals surface area (Å²) in [6, 6.07) is 8.37. The van der Waals surface area contributed by atoms with Gasteiger partial charge in [-0.05, 0) is 37.1 Å². The highest BCUT2D eigenvalue weighted by Crippen LogP contribution is 2.28. The minimum atomic E-state index is -0.304. The topological polar surface area (TPSA) is 75.6 Å². The van der Waals surface area contributed by atoms with Crippen molar-refractivity contribution in [2.24, 2.45) is 7.05 Å². The lowest BCUT2D eigenvalue weighted by molar-refractivity contribution is -0.113. The highest BCUT2D eigenvalue weighted by molar-refractivity contribution is 7.99. The standard InChI is InChI=1S/C20H20FN5OS/c1-13-14(2)26(11-15-4-6-16(21)7-5-15)19(17(13)10-22)24-18(27)12-28-20-23-8-9-25(20)3/h4-9H,11-12H2,1-3H3,(H,24,27). The monoisotopic (exact) mass is 397 g/mol. The van der Waals surface area contributed by atoms with Crippen molar-refractivity contribution in [2.75, 3.05) is 11.1 Å². The zero-order valence-corrected chi connectivity index (χ0v) is 16.7. The van der Waals surface area contributed by atoms with Gasteiger partial charge in [0.15, 0.2) is 5.16 Å². The summed E-state index contributed by atoms with van der Waals surface area (Å²) in [7, 11) is 1.86. The van der Waals surface area contributed by atoms with E-state index in [2.05, 4.69) is 16.4 Å². The van der Waals surface area contributed by atoms with Crippen LogP contribution in [-0.4, -0.2) is 25.8 Å². The van der Waals surface area contributed by atoms with Gasteiger partial charge >= 0.3 is 0 Å². The van der Waals surface area contributed by atoms with Gasteiger partial charge in [-0.25, -0.2) is 9.37 Å². The normalized spacial score (nSPS) is 10.7. The number of imidazole rings is 1. The molecule has 6 nitrogen and oxygen atoms in total. The third-order valence-corrected chi connectivity index (χ3v) is 5.62. The summed E-state index contributed by atoms with van der Waals surface area (Å²) in [6.07, 6.45) is 3.49. The number of aryl methyl sites for hydroxylation is 1. The Balaban J connectivity index is 1.83. The van der Waals surface area contributed by atoms with Crippen LogP contribution in [0.3, 0.4) is 0 Å². The van der Waals surface area contributed by atoms with Crippen molar-refractivity contribution in [1.29, 1.82) is 5.26 Å². The molecule has 0 aliphatic rings. The van der Waals surface area contributed by atoms with Crippen LogP contribution in [0, 0.1) is 31.0 Å². The third-order valence-electron chi connectivity index (χ3n) is 4.56. The second-order valence-corrected chi connectivity index (χ2v) is 7.36. The van der Waals surface area contributed by atoms with Crippen LogP contribution in [0.15, 0.2) is 41.8 Å². The predicted molar refractivity (Wildman–Crippen MR) is 107 cm³/mol. The third kappa shape index (κ3) is 4.10. The zero-order valence-electron chi connectivity index (χ0n) is 15.9. The van der Waals surface area contributed by atoms with E-state index in [1.165, 1.54) is 23.9 Å². The molecule has 0 aliphatic heterocycles. The molecule has 0 unspecified atom stereocenters. The maximum atomic E-state index is 13.2. The molecule has 3 aromatic rings. The summed E-state index contributed by atoms with van der Waals surface area (Å²) in [5.41, 5.74) is 3.02. The number of aromatic nitrogens is 3. The van der Waals surface area contributed by atoms with Crippen molar-refractivity contribution in [3.63, 3.8) is 0 Å². The van der Waals surface area contributed by atoms with Crippen LogP contribution < -0.4 is 5.32 Å². The fraction of sp³-hybridized carbons (Fsp3) is 0.250. The molecule has 3 rings (SSSR count). The Morgan fingerprint density at radius 3 is 2.64 bits per heavy atom. The number of anilines is 1. The van der Waals surface area contributed by atoms with Gasteiger partial charge in [-0.15, -0.1) is 0 Å². The van der Waals surface area contributed by atoms with Gasteiger partial charge in [-0.1, -0.05) is 23.9 Å². The number of carbonyl (C=O) groups excluding carboxylic acids is 1. The van der Waals surface area contributed by atoms with Gasteiger partial charge in [0.1, 0.15) is 17.7 Å². The SMILES string of the molecule is Cc1c(C#N)c(NC(=O)CSc2nccn2C)n(Cc2ccc(F)cc2)c1C. The number of carbonyl (C=O) groups is 1. The van der Waals surface area contributed by atoms with Gasteiger partial charge in [0.25, 0.3) is 0 Å². The molecule has 0 atom stereocenters. The molecular formula is C20H20FN5OS. The molecule has 0 radical (unpaired) electrons. The molecule has 0 spiro atoms. The first-order chi connectivity index (χ1) is 13.4. The summed E-state index contributed by atoms with van der Waals surface area (Å²) in [4.78, 5) is 16.7. The van der Waals surface area contributed by atoms with Crippen molar-refractivity contribution in [3.8, 4) is 6.07 Å². The maximum Gasteiger partial charge on any atom is 0.235 e. The molecular weight excluding hydrogens is 377 g/mol. The van der Waals surface area contributed by atoms with E-state index in [-0.39, 0.29) is 17.5 Å². The van der Waals surface area contributed by atoms with Crippen molar-refractivity contribution in [3.05, 3.63) is 64.9 Å². The Morgan fingerprint density at radius 1 is 1.32 bits per heavy atom. The van der Waals surface area contributed by atoms with Gasteiger partial charge in [-0.2, -0.15) is 5.26 Å². The maximum absolute atomic E-state index is 13.2. The molecule has 0 saturated carbocycles. The number of amides is 1. The van der Waals surface area contributed by atoms with E-state index in [0.29, 0.717) is 17.9 Å². The van der Waals surface area contributed by atoms with E-state index in [1.54, 1.807) is 18.3 Å². The van der Waals surface area contributed by atoms with Gasteiger partial charge in [-0.3, -0.25) is 4.79 Å². The lowest BCUT2D eigenvalue weighted by Crippen LogP contribution is -2.18. The molecule has 28 heavy (non-hydrogen) atoms. The first-order valence-electron chi connectivity index (χ1n) is 8.65. The number of hydrogen-bond acceptors (Lipinski definition) is 4. The summed E-state index contributed by atoms with van der Waals surface area (Å²) in [5.74, 6) is 0.117. The van der Waals surface area contributed by atoms with Gasteiger partial charge in [0.05, 0.1) is 11.3 Å². The van der Waals surface area contributed by atoms with Crippen molar-refractivity contribution in [1.82, 2.24) is 14.1 Å². The molecule has 144 valence electrons. The van der Waals surface area contributed by atoms with Gasteiger partial charge < -0.3 is 14.5 Å². The van der Waals surface area contributed by atoms with Crippen LogP contribution in [0.25, 0.3) is 0 Å². The van der Waals surface area contributed by atoms with E-state index in [0.717, 1.165) is 22.0 Å². The number of thioether (sulfide) groups is 1. The van der Waals surface area contributed by atoms with Crippen molar-refractivity contribution >= 4 is 23.5 Å². The number of nitriles is 1. The average Bonchev–Trinajstić information content (AvgIpc) is 3.18. The van der Waals surface area contributed by atoms with Crippen LogP contribution in [-0.2, 0) is 18.4 Å². The summed E-state index contributed by atoms with van der Waals surface area (Å²) in [5, 5.41) is 13.2. The van der Waals surface area contributed by atoms with E-state index in [4.69, 9.17) is 0 Å². The highest BCUT2D eigenvalue weighted by atomic mass is 32.2. The zero-order chi connectivity index (χ0) is 20.3. The van der Waals surface area contributed by atoms with E-state index >= 15 is 0 Å². The number of rotatable bonds is 6. The number of benzene rings is 1. The summed E-state index contributed by atoms with van der Waals surface area (Å²) >= 11 is 1.32.